The third kappa shape index (κ3) is 3.43. The van der Waals surface area contributed by atoms with Crippen molar-refractivity contribution < 1.29 is 4.79 Å². The molecule has 1 aliphatic heterocycles. The maximum absolute atomic E-state index is 13.2. The number of rotatable bonds is 5. The van der Waals surface area contributed by atoms with Crippen LogP contribution in [0.25, 0.3) is 0 Å². The zero-order valence-corrected chi connectivity index (χ0v) is 15.5. The number of carbonyl (C=O) groups excluding carboxylic acids is 1. The fraction of sp³-hybridized carbons (Fsp3) is 0.211. The van der Waals surface area contributed by atoms with Crippen LogP contribution in [0.15, 0.2) is 64.2 Å². The number of fused-ring (bicyclic) bond motifs is 1. The Balaban J connectivity index is 1.53. The summed E-state index contributed by atoms with van der Waals surface area (Å²) in [5, 5.41) is 4.15. The molecule has 24 heavy (non-hydrogen) atoms. The van der Waals surface area contributed by atoms with E-state index in [2.05, 4.69) is 41.1 Å². The predicted octanol–water partition coefficient (Wildman–Crippen LogP) is 5.06. The van der Waals surface area contributed by atoms with E-state index < -0.39 is 0 Å². The van der Waals surface area contributed by atoms with Gasteiger partial charge in [-0.3, -0.25) is 4.79 Å². The summed E-state index contributed by atoms with van der Waals surface area (Å²) in [7, 11) is 0. The lowest BCUT2D eigenvalue weighted by atomic mass is 10.1. The van der Waals surface area contributed by atoms with Crippen LogP contribution in [0.5, 0.6) is 0 Å². The largest absolute Gasteiger partial charge is 0.331 e. The summed E-state index contributed by atoms with van der Waals surface area (Å²) in [4.78, 5) is 18.9. The van der Waals surface area contributed by atoms with Gasteiger partial charge in [0.2, 0.25) is 5.91 Å². The minimum atomic E-state index is 0.00215. The van der Waals surface area contributed by atoms with Crippen molar-refractivity contribution >= 4 is 40.3 Å². The Bertz CT molecular complexity index is 750. The molecule has 1 aromatic carbocycles. The van der Waals surface area contributed by atoms with Crippen molar-refractivity contribution in [3.05, 3.63) is 74.6 Å². The molecular weight excluding hydrogens is 354 g/mol. The lowest BCUT2D eigenvalue weighted by molar-refractivity contribution is -0.131. The van der Waals surface area contributed by atoms with Crippen LogP contribution in [0.2, 0.25) is 0 Å². The van der Waals surface area contributed by atoms with Crippen LogP contribution < -0.4 is 0 Å². The lowest BCUT2D eigenvalue weighted by Gasteiger charge is -2.24. The molecule has 3 aromatic rings. The van der Waals surface area contributed by atoms with E-state index >= 15 is 0 Å². The maximum Gasteiger partial charge on any atom is 0.237 e. The van der Waals surface area contributed by atoms with E-state index in [4.69, 9.17) is 0 Å². The molecule has 0 radical (unpaired) electrons. The maximum atomic E-state index is 13.2. The molecule has 4 rings (SSSR count). The Morgan fingerprint density at radius 2 is 1.62 bits per heavy atom. The highest BCUT2D eigenvalue weighted by Gasteiger charge is 2.31. The van der Waals surface area contributed by atoms with E-state index in [0.717, 1.165) is 6.42 Å². The van der Waals surface area contributed by atoms with Crippen LogP contribution >= 0.6 is 34.4 Å². The van der Waals surface area contributed by atoms with Crippen LogP contribution in [-0.2, 0) is 24.3 Å². The topological polar surface area (TPSA) is 20.3 Å². The number of nitrogens with zero attached hydrogens (tertiary/aromatic N) is 1. The molecule has 0 aliphatic carbocycles. The van der Waals surface area contributed by atoms with E-state index in [0.29, 0.717) is 13.1 Å². The number of thioether (sulfide) groups is 1. The first kappa shape index (κ1) is 15.9. The molecule has 122 valence electrons. The molecule has 0 spiro atoms. The molecule has 0 N–H and O–H groups in total. The number of hydrogen-bond donors (Lipinski definition) is 0. The van der Waals surface area contributed by atoms with Gasteiger partial charge in [-0.25, -0.2) is 0 Å². The monoisotopic (exact) mass is 371 g/mol. The van der Waals surface area contributed by atoms with Crippen LogP contribution in [0, 0.1) is 0 Å². The van der Waals surface area contributed by atoms with Crippen LogP contribution in [0.3, 0.4) is 0 Å². The van der Waals surface area contributed by atoms with E-state index in [1.165, 1.54) is 20.2 Å². The molecular formula is C19H17NOS3. The van der Waals surface area contributed by atoms with Gasteiger partial charge in [-0.15, -0.1) is 34.4 Å². The van der Waals surface area contributed by atoms with Crippen molar-refractivity contribution in [1.29, 1.82) is 0 Å². The number of amides is 1. The minimum Gasteiger partial charge on any atom is -0.331 e. The summed E-state index contributed by atoms with van der Waals surface area (Å²) in [5.74, 6) is 0.248. The van der Waals surface area contributed by atoms with Gasteiger partial charge >= 0.3 is 0 Å². The third-order valence-electron chi connectivity index (χ3n) is 4.09. The Kier molecular flexibility index (Phi) is 4.74. The van der Waals surface area contributed by atoms with Crippen molar-refractivity contribution in [2.75, 3.05) is 0 Å². The second kappa shape index (κ2) is 7.13. The van der Waals surface area contributed by atoms with Crippen molar-refractivity contribution in [3.63, 3.8) is 0 Å². The molecule has 5 heteroatoms. The second-order valence-corrected chi connectivity index (χ2v) is 9.08. The predicted molar refractivity (Wildman–Crippen MR) is 103 cm³/mol. The smallest absolute Gasteiger partial charge is 0.237 e. The first-order chi connectivity index (χ1) is 11.8. The third-order valence-corrected chi connectivity index (χ3v) is 7.12. The quantitative estimate of drug-likeness (QED) is 0.625. The normalized spacial score (nSPS) is 16.1. The number of benzene rings is 1. The zero-order valence-electron chi connectivity index (χ0n) is 13.1. The number of carbonyl (C=O) groups is 1. The van der Waals surface area contributed by atoms with E-state index in [-0.39, 0.29) is 11.2 Å². The van der Waals surface area contributed by atoms with E-state index in [1.807, 2.05) is 23.1 Å². The minimum absolute atomic E-state index is 0.00215. The van der Waals surface area contributed by atoms with Crippen molar-refractivity contribution in [2.45, 2.75) is 29.7 Å². The van der Waals surface area contributed by atoms with Gasteiger partial charge in [0.05, 0.1) is 18.3 Å². The van der Waals surface area contributed by atoms with Crippen LogP contribution in [-0.4, -0.2) is 16.1 Å². The van der Waals surface area contributed by atoms with Crippen LogP contribution in [0.4, 0.5) is 0 Å². The Morgan fingerprint density at radius 3 is 2.21 bits per heavy atom. The van der Waals surface area contributed by atoms with E-state index in [1.54, 1.807) is 34.4 Å². The molecule has 0 saturated heterocycles. The molecule has 2 aromatic heterocycles. The molecule has 2 nitrogen and oxygen atoms in total. The Morgan fingerprint density at radius 1 is 0.958 bits per heavy atom. The van der Waals surface area contributed by atoms with Crippen molar-refractivity contribution in [3.8, 4) is 0 Å². The van der Waals surface area contributed by atoms with Gasteiger partial charge in [0.25, 0.3) is 0 Å². The lowest BCUT2D eigenvalue weighted by Crippen LogP contribution is -2.36. The summed E-state index contributed by atoms with van der Waals surface area (Å²) in [5.41, 5.74) is 1.30. The fourth-order valence-corrected chi connectivity index (χ4v) is 5.63. The summed E-state index contributed by atoms with van der Waals surface area (Å²) in [6.45, 7) is 1.39. The second-order valence-electron chi connectivity index (χ2n) is 5.77. The van der Waals surface area contributed by atoms with Gasteiger partial charge in [-0.05, 0) is 40.9 Å². The number of hydrogen-bond acceptors (Lipinski definition) is 4. The average Bonchev–Trinajstić information content (AvgIpc) is 3.34. The zero-order chi connectivity index (χ0) is 16.4. The fourth-order valence-electron chi connectivity index (χ4n) is 2.92. The molecule has 1 atom stereocenters. The summed E-state index contributed by atoms with van der Waals surface area (Å²) in [6, 6.07) is 16.7. The van der Waals surface area contributed by atoms with Gasteiger partial charge in [-0.2, -0.15) is 0 Å². The average molecular weight is 372 g/mol. The molecule has 0 bridgehead atoms. The van der Waals surface area contributed by atoms with E-state index in [9.17, 15) is 4.79 Å². The van der Waals surface area contributed by atoms with Crippen molar-refractivity contribution in [1.82, 2.24) is 4.90 Å². The Labute approximate surface area is 154 Å². The van der Waals surface area contributed by atoms with Gasteiger partial charge in [0.15, 0.2) is 0 Å². The molecule has 3 heterocycles. The van der Waals surface area contributed by atoms with Gasteiger partial charge in [-0.1, -0.05) is 30.3 Å². The summed E-state index contributed by atoms with van der Waals surface area (Å²) < 4.78 is 0. The number of thiophene rings is 2. The SMILES string of the molecule is O=C(C1Cc2ccccc2S1)N(Cc1cccs1)Cc1cccs1. The highest BCUT2D eigenvalue weighted by molar-refractivity contribution is 8.01. The molecule has 0 saturated carbocycles. The highest BCUT2D eigenvalue weighted by atomic mass is 32.2. The van der Waals surface area contributed by atoms with Gasteiger partial charge in [0, 0.05) is 14.6 Å². The van der Waals surface area contributed by atoms with Crippen LogP contribution in [0.1, 0.15) is 15.3 Å². The van der Waals surface area contributed by atoms with Gasteiger partial charge < -0.3 is 4.90 Å². The highest BCUT2D eigenvalue weighted by Crippen LogP contribution is 2.38. The first-order valence-corrected chi connectivity index (χ1v) is 10.5. The molecule has 0 fully saturated rings. The molecule has 1 aliphatic rings. The van der Waals surface area contributed by atoms with Crippen molar-refractivity contribution in [2.24, 2.45) is 0 Å². The molecule has 1 unspecified atom stereocenters. The standard InChI is InChI=1S/C19H17NOS3/c21-19(18-11-14-5-1-2-8-17(14)24-18)20(12-15-6-3-9-22-15)13-16-7-4-10-23-16/h1-10,18H,11-13H2. The molecule has 1 amide bonds. The van der Waals surface area contributed by atoms with Gasteiger partial charge in [0.1, 0.15) is 0 Å². The summed E-state index contributed by atoms with van der Waals surface area (Å²) in [6.07, 6.45) is 0.838. The Hall–Kier alpha value is -1.56. The first-order valence-electron chi connectivity index (χ1n) is 7.88. The summed E-state index contributed by atoms with van der Waals surface area (Å²) >= 11 is 5.14.